The zero-order chi connectivity index (χ0) is 9.64. The van der Waals surface area contributed by atoms with Gasteiger partial charge in [0, 0.05) is 5.92 Å². The van der Waals surface area contributed by atoms with Crippen LogP contribution in [0.5, 0.6) is 0 Å². The van der Waals surface area contributed by atoms with E-state index in [0.29, 0.717) is 11.7 Å². The van der Waals surface area contributed by atoms with Crippen molar-refractivity contribution in [3.05, 3.63) is 23.8 Å². The van der Waals surface area contributed by atoms with E-state index in [1.807, 2.05) is 6.08 Å². The summed E-state index contributed by atoms with van der Waals surface area (Å²) in [6, 6.07) is 0. The molecule has 2 unspecified atom stereocenters. The molecule has 0 saturated heterocycles. The number of carbonyl (C=O) groups excluding carboxylic acids is 1. The lowest BCUT2D eigenvalue weighted by Crippen LogP contribution is -2.20. The van der Waals surface area contributed by atoms with Crippen molar-refractivity contribution in [2.75, 3.05) is 0 Å². The van der Waals surface area contributed by atoms with Crippen LogP contribution >= 0.6 is 0 Å². The van der Waals surface area contributed by atoms with Crippen molar-refractivity contribution in [2.45, 2.75) is 27.2 Å². The quantitative estimate of drug-likeness (QED) is 0.554. The van der Waals surface area contributed by atoms with E-state index >= 15 is 0 Å². The molecule has 0 aliphatic heterocycles. The molecule has 2 atom stereocenters. The summed E-state index contributed by atoms with van der Waals surface area (Å²) < 4.78 is 0. The van der Waals surface area contributed by atoms with Crippen LogP contribution in [0.1, 0.15) is 27.2 Å². The number of ketones is 1. The summed E-state index contributed by atoms with van der Waals surface area (Å²) in [7, 11) is 0. The Morgan fingerprint density at radius 3 is 2.77 bits per heavy atom. The van der Waals surface area contributed by atoms with Gasteiger partial charge in [0.1, 0.15) is 0 Å². The summed E-state index contributed by atoms with van der Waals surface area (Å²) in [5.74, 6) is 0.995. The average Bonchev–Trinajstić information content (AvgIpc) is 2.24. The van der Waals surface area contributed by atoms with Crippen molar-refractivity contribution >= 4 is 5.78 Å². The standard InChI is InChI=1S/C12H16O/c1-8-7-12(2,3)9-5-4-6-10(13)11(8)9/h4-6,8,11H,7H2,1-3H3. The Morgan fingerprint density at radius 1 is 1.46 bits per heavy atom. The second-order valence-corrected chi connectivity index (χ2v) is 4.93. The first kappa shape index (κ1) is 8.74. The number of rotatable bonds is 0. The van der Waals surface area contributed by atoms with Crippen molar-refractivity contribution in [3.8, 4) is 0 Å². The van der Waals surface area contributed by atoms with E-state index in [1.165, 1.54) is 5.57 Å². The van der Waals surface area contributed by atoms with Crippen LogP contribution in [-0.4, -0.2) is 5.78 Å². The minimum absolute atomic E-state index is 0.181. The maximum Gasteiger partial charge on any atom is 0.163 e. The van der Waals surface area contributed by atoms with Gasteiger partial charge in [-0.15, -0.1) is 0 Å². The van der Waals surface area contributed by atoms with Crippen LogP contribution in [0, 0.1) is 17.3 Å². The lowest BCUT2D eigenvalue weighted by Gasteiger charge is -2.23. The second kappa shape index (κ2) is 2.57. The maximum atomic E-state index is 11.6. The molecule has 1 heteroatoms. The van der Waals surface area contributed by atoms with Gasteiger partial charge in [-0.25, -0.2) is 0 Å². The zero-order valence-electron chi connectivity index (χ0n) is 8.50. The van der Waals surface area contributed by atoms with Crippen molar-refractivity contribution in [2.24, 2.45) is 17.3 Å². The molecule has 1 saturated carbocycles. The molecule has 70 valence electrons. The van der Waals surface area contributed by atoms with Crippen LogP contribution in [0.3, 0.4) is 0 Å². The van der Waals surface area contributed by atoms with Gasteiger partial charge < -0.3 is 0 Å². The van der Waals surface area contributed by atoms with Crippen LogP contribution in [0.15, 0.2) is 23.8 Å². The molecule has 2 rings (SSSR count). The molecule has 0 radical (unpaired) electrons. The number of carbonyl (C=O) groups is 1. The zero-order valence-corrected chi connectivity index (χ0v) is 8.50. The highest BCUT2D eigenvalue weighted by molar-refractivity contribution is 5.96. The average molecular weight is 176 g/mol. The van der Waals surface area contributed by atoms with Gasteiger partial charge in [-0.2, -0.15) is 0 Å². The fraction of sp³-hybridized carbons (Fsp3) is 0.583. The SMILES string of the molecule is CC1CC(C)(C)C2=CC=CC(=O)C21. The Balaban J connectivity index is 2.45. The highest BCUT2D eigenvalue weighted by Crippen LogP contribution is 2.50. The molecule has 2 aliphatic rings. The molecule has 0 aromatic rings. The summed E-state index contributed by atoms with van der Waals surface area (Å²) in [6.07, 6.45) is 6.88. The Labute approximate surface area is 79.5 Å². The number of allylic oxidation sites excluding steroid dienone is 4. The molecule has 1 nitrogen and oxygen atoms in total. The molecule has 0 N–H and O–H groups in total. The smallest absolute Gasteiger partial charge is 0.163 e. The van der Waals surface area contributed by atoms with Crippen molar-refractivity contribution in [3.63, 3.8) is 0 Å². The van der Waals surface area contributed by atoms with E-state index in [-0.39, 0.29) is 11.3 Å². The molecular weight excluding hydrogens is 160 g/mol. The third kappa shape index (κ3) is 1.18. The molecule has 0 aromatic heterocycles. The highest BCUT2D eigenvalue weighted by Gasteiger charge is 2.44. The predicted octanol–water partition coefficient (Wildman–Crippen LogP) is 2.73. The van der Waals surface area contributed by atoms with E-state index in [9.17, 15) is 4.79 Å². The van der Waals surface area contributed by atoms with Gasteiger partial charge in [0.15, 0.2) is 5.78 Å². The van der Waals surface area contributed by atoms with Crippen LogP contribution in [0.4, 0.5) is 0 Å². The molecule has 0 amide bonds. The first-order valence-electron chi connectivity index (χ1n) is 4.95. The molecule has 0 aromatic carbocycles. The Morgan fingerprint density at radius 2 is 2.15 bits per heavy atom. The lowest BCUT2D eigenvalue weighted by molar-refractivity contribution is -0.118. The summed E-state index contributed by atoms with van der Waals surface area (Å²) >= 11 is 0. The Bertz CT molecular complexity index is 307. The normalized spacial score (nSPS) is 35.9. The van der Waals surface area contributed by atoms with Crippen LogP contribution < -0.4 is 0 Å². The van der Waals surface area contributed by atoms with Crippen molar-refractivity contribution < 1.29 is 4.79 Å². The summed E-state index contributed by atoms with van der Waals surface area (Å²) in [6.45, 7) is 6.66. The molecule has 1 fully saturated rings. The van der Waals surface area contributed by atoms with Gasteiger partial charge in [-0.3, -0.25) is 4.79 Å². The van der Waals surface area contributed by atoms with Gasteiger partial charge in [-0.1, -0.05) is 38.5 Å². The fourth-order valence-electron chi connectivity index (χ4n) is 2.88. The van der Waals surface area contributed by atoms with E-state index < -0.39 is 0 Å². The monoisotopic (exact) mass is 176 g/mol. The molecule has 13 heavy (non-hydrogen) atoms. The molecule has 0 spiro atoms. The van der Waals surface area contributed by atoms with E-state index in [4.69, 9.17) is 0 Å². The number of fused-ring (bicyclic) bond motifs is 1. The van der Waals surface area contributed by atoms with Crippen molar-refractivity contribution in [1.29, 1.82) is 0 Å². The number of hydrogen-bond acceptors (Lipinski definition) is 1. The maximum absolute atomic E-state index is 11.6. The summed E-state index contributed by atoms with van der Waals surface area (Å²) in [5, 5.41) is 0. The second-order valence-electron chi connectivity index (χ2n) is 4.93. The minimum atomic E-state index is 0.181. The van der Waals surface area contributed by atoms with Gasteiger partial charge in [0.25, 0.3) is 0 Å². The number of hydrogen-bond donors (Lipinski definition) is 0. The predicted molar refractivity (Wildman–Crippen MR) is 53.3 cm³/mol. The molecule has 2 aliphatic carbocycles. The van der Waals surface area contributed by atoms with Gasteiger partial charge in [-0.05, 0) is 23.8 Å². The minimum Gasteiger partial charge on any atom is -0.294 e. The first-order chi connectivity index (χ1) is 6.02. The van der Waals surface area contributed by atoms with Crippen LogP contribution in [0.25, 0.3) is 0 Å². The van der Waals surface area contributed by atoms with Crippen LogP contribution in [0.2, 0.25) is 0 Å². The Kier molecular flexibility index (Phi) is 1.73. The third-order valence-electron chi connectivity index (χ3n) is 3.36. The van der Waals surface area contributed by atoms with Crippen molar-refractivity contribution in [1.82, 2.24) is 0 Å². The van der Waals surface area contributed by atoms with E-state index in [0.717, 1.165) is 6.42 Å². The molecule has 0 heterocycles. The third-order valence-corrected chi connectivity index (χ3v) is 3.36. The molecular formula is C12H16O. The van der Waals surface area contributed by atoms with Gasteiger partial charge in [0.05, 0.1) is 0 Å². The highest BCUT2D eigenvalue weighted by atomic mass is 16.1. The van der Waals surface area contributed by atoms with Crippen LogP contribution in [-0.2, 0) is 4.79 Å². The van der Waals surface area contributed by atoms with Gasteiger partial charge in [0.2, 0.25) is 0 Å². The topological polar surface area (TPSA) is 17.1 Å². The Hall–Kier alpha value is -0.850. The fourth-order valence-corrected chi connectivity index (χ4v) is 2.88. The largest absolute Gasteiger partial charge is 0.294 e. The summed E-state index contributed by atoms with van der Waals surface area (Å²) in [4.78, 5) is 11.6. The molecule has 0 bridgehead atoms. The summed E-state index contributed by atoms with van der Waals surface area (Å²) in [5.41, 5.74) is 1.57. The lowest BCUT2D eigenvalue weighted by atomic mass is 9.81. The van der Waals surface area contributed by atoms with E-state index in [1.54, 1.807) is 6.08 Å². The van der Waals surface area contributed by atoms with Gasteiger partial charge >= 0.3 is 0 Å². The van der Waals surface area contributed by atoms with E-state index in [2.05, 4.69) is 26.8 Å². The first-order valence-corrected chi connectivity index (χ1v) is 4.95.